The van der Waals surface area contributed by atoms with Crippen molar-refractivity contribution >= 4 is 11.6 Å². The minimum Gasteiger partial charge on any atom is -0.309 e. The molecule has 1 aliphatic carbocycles. The number of benzene rings is 1. The smallest absolute Gasteiger partial charge is 0.0377 e. The van der Waals surface area contributed by atoms with Crippen molar-refractivity contribution in [2.45, 2.75) is 52.1 Å². The van der Waals surface area contributed by atoms with Crippen LogP contribution in [-0.2, 0) is 19.4 Å². The molecule has 1 aromatic rings. The molecule has 0 spiro atoms. The molecule has 1 nitrogen and oxygen atoms in total. The fourth-order valence-electron chi connectivity index (χ4n) is 2.77. The molecule has 2 rings (SSSR count). The van der Waals surface area contributed by atoms with Crippen LogP contribution in [0.25, 0.3) is 0 Å². The highest BCUT2D eigenvalue weighted by molar-refractivity contribution is 6.18. The van der Waals surface area contributed by atoms with Gasteiger partial charge in [-0.3, -0.25) is 0 Å². The van der Waals surface area contributed by atoms with Crippen molar-refractivity contribution in [1.82, 2.24) is 5.32 Å². The Morgan fingerprint density at radius 3 is 2.72 bits per heavy atom. The van der Waals surface area contributed by atoms with E-state index < -0.39 is 0 Å². The predicted molar refractivity (Wildman–Crippen MR) is 79.3 cm³/mol. The average molecular weight is 266 g/mol. The lowest BCUT2D eigenvalue weighted by atomic mass is 10.0. The first-order valence-corrected chi connectivity index (χ1v) is 7.62. The molecular weight excluding hydrogens is 242 g/mol. The molecule has 0 saturated carbocycles. The Morgan fingerprint density at radius 2 is 2.00 bits per heavy atom. The second-order valence-electron chi connectivity index (χ2n) is 5.82. The number of rotatable bonds is 6. The summed E-state index contributed by atoms with van der Waals surface area (Å²) in [7, 11) is 0. The largest absolute Gasteiger partial charge is 0.309 e. The first kappa shape index (κ1) is 13.9. The van der Waals surface area contributed by atoms with Gasteiger partial charge in [-0.25, -0.2) is 0 Å². The van der Waals surface area contributed by atoms with Gasteiger partial charge in [0.1, 0.15) is 0 Å². The molecule has 100 valence electrons. The molecule has 18 heavy (non-hydrogen) atoms. The van der Waals surface area contributed by atoms with Crippen LogP contribution in [0.15, 0.2) is 18.2 Å². The second-order valence-corrected chi connectivity index (χ2v) is 6.13. The molecule has 0 radical (unpaired) electrons. The third-order valence-electron chi connectivity index (χ3n) is 3.70. The van der Waals surface area contributed by atoms with Crippen molar-refractivity contribution in [3.8, 4) is 0 Å². The number of alkyl halides is 1. The van der Waals surface area contributed by atoms with E-state index in [1.807, 2.05) is 0 Å². The minimum absolute atomic E-state index is 0.430. The van der Waals surface area contributed by atoms with Crippen LogP contribution < -0.4 is 5.32 Å². The highest BCUT2D eigenvalue weighted by atomic mass is 35.5. The summed E-state index contributed by atoms with van der Waals surface area (Å²) in [6, 6.07) is 7.37. The van der Waals surface area contributed by atoms with Gasteiger partial charge in [0.15, 0.2) is 0 Å². The van der Waals surface area contributed by atoms with Gasteiger partial charge in [-0.15, -0.1) is 11.6 Å². The van der Waals surface area contributed by atoms with Crippen LogP contribution in [0.5, 0.6) is 0 Å². The number of fused-ring (bicyclic) bond motifs is 1. The number of hydrogen-bond donors (Lipinski definition) is 1. The van der Waals surface area contributed by atoms with Gasteiger partial charge in [0.2, 0.25) is 0 Å². The van der Waals surface area contributed by atoms with Gasteiger partial charge in [-0.2, -0.15) is 0 Å². The summed E-state index contributed by atoms with van der Waals surface area (Å²) < 4.78 is 0. The molecule has 1 unspecified atom stereocenters. The molecule has 0 amide bonds. The second kappa shape index (κ2) is 6.58. The predicted octanol–water partition coefficient (Wildman–Crippen LogP) is 3.92. The Kier molecular flexibility index (Phi) is 5.08. The molecule has 1 aromatic carbocycles. The molecule has 0 aliphatic heterocycles. The van der Waals surface area contributed by atoms with Gasteiger partial charge in [0, 0.05) is 18.5 Å². The van der Waals surface area contributed by atoms with Gasteiger partial charge >= 0.3 is 0 Å². The van der Waals surface area contributed by atoms with E-state index in [4.69, 9.17) is 11.6 Å². The fourth-order valence-corrected chi connectivity index (χ4v) is 3.00. The Morgan fingerprint density at radius 1 is 1.22 bits per heavy atom. The van der Waals surface area contributed by atoms with E-state index in [1.165, 1.54) is 24.8 Å². The zero-order valence-corrected chi connectivity index (χ0v) is 12.3. The minimum atomic E-state index is 0.430. The van der Waals surface area contributed by atoms with Crippen molar-refractivity contribution in [3.05, 3.63) is 34.9 Å². The zero-order chi connectivity index (χ0) is 13.0. The summed E-state index contributed by atoms with van der Waals surface area (Å²) in [5, 5.41) is 3.58. The third-order valence-corrected chi connectivity index (χ3v) is 4.07. The Labute approximate surface area is 116 Å². The Bertz CT molecular complexity index is 387. The van der Waals surface area contributed by atoms with Gasteiger partial charge in [-0.05, 0) is 48.3 Å². The van der Waals surface area contributed by atoms with E-state index in [-0.39, 0.29) is 0 Å². The van der Waals surface area contributed by atoms with E-state index >= 15 is 0 Å². The van der Waals surface area contributed by atoms with Crippen molar-refractivity contribution in [3.63, 3.8) is 0 Å². The van der Waals surface area contributed by atoms with Gasteiger partial charge in [-0.1, -0.05) is 32.0 Å². The Balaban J connectivity index is 1.89. The summed E-state index contributed by atoms with van der Waals surface area (Å²) in [5.74, 6) is 1.39. The summed E-state index contributed by atoms with van der Waals surface area (Å²) in [4.78, 5) is 0. The van der Waals surface area contributed by atoms with E-state index in [2.05, 4.69) is 37.4 Å². The summed E-state index contributed by atoms with van der Waals surface area (Å²) >= 11 is 6.01. The van der Waals surface area contributed by atoms with Crippen molar-refractivity contribution < 1.29 is 0 Å². The van der Waals surface area contributed by atoms with E-state index in [0.717, 1.165) is 13.0 Å². The molecule has 0 bridgehead atoms. The molecule has 0 fully saturated rings. The first-order chi connectivity index (χ1) is 8.69. The van der Waals surface area contributed by atoms with Crippen LogP contribution in [0.4, 0.5) is 0 Å². The quantitative estimate of drug-likeness (QED) is 0.769. The van der Waals surface area contributed by atoms with Crippen LogP contribution in [0, 0.1) is 5.92 Å². The maximum atomic E-state index is 6.01. The third kappa shape index (κ3) is 3.73. The fraction of sp³-hybridized carbons (Fsp3) is 0.625. The normalized spacial score (nSPS) is 16.0. The standard InChI is InChI=1S/C16H24ClN/c1-12(2)8-16(10-17)18-11-13-6-7-14-4-3-5-15(14)9-13/h6-7,9,12,16,18H,3-5,8,10-11H2,1-2H3. The van der Waals surface area contributed by atoms with E-state index in [0.29, 0.717) is 17.8 Å². The molecule has 0 aromatic heterocycles. The molecule has 1 aliphatic rings. The lowest BCUT2D eigenvalue weighted by Gasteiger charge is -2.18. The number of nitrogens with one attached hydrogen (secondary N) is 1. The van der Waals surface area contributed by atoms with Crippen LogP contribution in [0.2, 0.25) is 0 Å². The molecular formula is C16H24ClN. The van der Waals surface area contributed by atoms with Gasteiger partial charge in [0.25, 0.3) is 0 Å². The van der Waals surface area contributed by atoms with Crippen molar-refractivity contribution in [2.75, 3.05) is 5.88 Å². The zero-order valence-electron chi connectivity index (χ0n) is 11.5. The van der Waals surface area contributed by atoms with Crippen LogP contribution >= 0.6 is 11.6 Å². The maximum absolute atomic E-state index is 6.01. The molecule has 1 N–H and O–H groups in total. The number of halogens is 1. The SMILES string of the molecule is CC(C)CC(CCl)NCc1ccc2c(c1)CCC2. The first-order valence-electron chi connectivity index (χ1n) is 7.09. The monoisotopic (exact) mass is 265 g/mol. The molecule has 1 atom stereocenters. The van der Waals surface area contributed by atoms with E-state index in [9.17, 15) is 0 Å². The molecule has 0 heterocycles. The molecule has 2 heteroatoms. The summed E-state index contributed by atoms with van der Waals surface area (Å²) in [6.07, 6.45) is 4.99. The summed E-state index contributed by atoms with van der Waals surface area (Å²) in [6.45, 7) is 5.44. The topological polar surface area (TPSA) is 12.0 Å². The number of hydrogen-bond acceptors (Lipinski definition) is 1. The maximum Gasteiger partial charge on any atom is 0.0377 e. The number of aryl methyl sites for hydroxylation is 2. The lowest BCUT2D eigenvalue weighted by molar-refractivity contribution is 0.445. The lowest BCUT2D eigenvalue weighted by Crippen LogP contribution is -2.31. The van der Waals surface area contributed by atoms with Gasteiger partial charge < -0.3 is 5.32 Å². The van der Waals surface area contributed by atoms with E-state index in [1.54, 1.807) is 11.1 Å². The van der Waals surface area contributed by atoms with Crippen molar-refractivity contribution in [1.29, 1.82) is 0 Å². The summed E-state index contributed by atoms with van der Waals surface area (Å²) in [5.41, 5.74) is 4.50. The van der Waals surface area contributed by atoms with Crippen LogP contribution in [0.3, 0.4) is 0 Å². The Hall–Kier alpha value is -0.530. The average Bonchev–Trinajstić information content (AvgIpc) is 2.81. The van der Waals surface area contributed by atoms with Crippen molar-refractivity contribution in [2.24, 2.45) is 5.92 Å². The molecule has 0 saturated heterocycles. The highest BCUT2D eigenvalue weighted by Crippen LogP contribution is 2.22. The van der Waals surface area contributed by atoms with Crippen LogP contribution in [0.1, 0.15) is 43.4 Å². The van der Waals surface area contributed by atoms with Crippen LogP contribution in [-0.4, -0.2) is 11.9 Å². The van der Waals surface area contributed by atoms with Gasteiger partial charge in [0.05, 0.1) is 0 Å². The highest BCUT2D eigenvalue weighted by Gasteiger charge is 2.12.